The molecule has 30 heavy (non-hydrogen) atoms. The number of carbonyl (C=O) groups is 2. The number of benzene rings is 2. The van der Waals surface area contributed by atoms with Crippen molar-refractivity contribution in [2.75, 3.05) is 0 Å². The van der Waals surface area contributed by atoms with Gasteiger partial charge in [0.15, 0.2) is 0 Å². The number of hydrogen-bond acceptors (Lipinski definition) is 4. The summed E-state index contributed by atoms with van der Waals surface area (Å²) in [5.74, 6) is -0.516. The third-order valence-corrected chi connectivity index (χ3v) is 6.00. The van der Waals surface area contributed by atoms with Crippen molar-refractivity contribution in [3.05, 3.63) is 65.7 Å². The van der Waals surface area contributed by atoms with Crippen LogP contribution in [0.15, 0.2) is 59.5 Å². The SMILES string of the molecule is O=C1CC(C(=O)NC2(c3ccc(SC(F)(F)F)cc3)CC2)NC(c2ccccc2)N1. The molecule has 9 heteroatoms. The highest BCUT2D eigenvalue weighted by Crippen LogP contribution is 2.46. The van der Waals surface area contributed by atoms with Crippen molar-refractivity contribution in [3.8, 4) is 0 Å². The van der Waals surface area contributed by atoms with E-state index in [4.69, 9.17) is 0 Å². The Hall–Kier alpha value is -2.52. The van der Waals surface area contributed by atoms with Gasteiger partial charge in [0.2, 0.25) is 11.8 Å². The Bertz CT molecular complexity index is 931. The van der Waals surface area contributed by atoms with Crippen molar-refractivity contribution in [1.82, 2.24) is 16.0 Å². The van der Waals surface area contributed by atoms with Gasteiger partial charge in [-0.25, -0.2) is 0 Å². The average Bonchev–Trinajstić information content (AvgIpc) is 3.48. The minimum atomic E-state index is -4.34. The summed E-state index contributed by atoms with van der Waals surface area (Å²) < 4.78 is 37.6. The zero-order chi connectivity index (χ0) is 21.4. The summed E-state index contributed by atoms with van der Waals surface area (Å²) in [5.41, 5.74) is -3.31. The van der Waals surface area contributed by atoms with Crippen LogP contribution in [-0.4, -0.2) is 23.4 Å². The predicted molar refractivity (Wildman–Crippen MR) is 106 cm³/mol. The van der Waals surface area contributed by atoms with Gasteiger partial charge in [-0.2, -0.15) is 13.2 Å². The van der Waals surface area contributed by atoms with E-state index in [-0.39, 0.29) is 34.9 Å². The number of amides is 2. The summed E-state index contributed by atoms with van der Waals surface area (Å²) in [6, 6.07) is 14.7. The lowest BCUT2D eigenvalue weighted by molar-refractivity contribution is -0.132. The van der Waals surface area contributed by atoms with E-state index in [1.54, 1.807) is 12.1 Å². The van der Waals surface area contributed by atoms with Gasteiger partial charge in [-0.15, -0.1) is 0 Å². The predicted octanol–water partition coefficient (Wildman–Crippen LogP) is 3.58. The number of nitrogens with one attached hydrogen (secondary N) is 3. The first kappa shape index (κ1) is 20.7. The monoisotopic (exact) mass is 435 g/mol. The summed E-state index contributed by atoms with van der Waals surface area (Å²) in [5, 5.41) is 9.00. The van der Waals surface area contributed by atoms with Crippen LogP contribution in [0.25, 0.3) is 0 Å². The molecule has 158 valence electrons. The average molecular weight is 435 g/mol. The van der Waals surface area contributed by atoms with E-state index in [1.165, 1.54) is 12.1 Å². The molecule has 1 saturated heterocycles. The van der Waals surface area contributed by atoms with Crippen molar-refractivity contribution in [2.45, 2.75) is 47.4 Å². The largest absolute Gasteiger partial charge is 0.446 e. The maximum atomic E-state index is 12.9. The van der Waals surface area contributed by atoms with Crippen LogP contribution in [0.1, 0.15) is 36.6 Å². The van der Waals surface area contributed by atoms with Crippen LogP contribution in [0, 0.1) is 0 Å². The van der Waals surface area contributed by atoms with Crippen LogP contribution in [0.4, 0.5) is 13.2 Å². The number of thioether (sulfide) groups is 1. The lowest BCUT2D eigenvalue weighted by Crippen LogP contribution is -2.57. The molecule has 2 aliphatic rings. The van der Waals surface area contributed by atoms with Crippen LogP contribution >= 0.6 is 11.8 Å². The third kappa shape index (κ3) is 4.79. The molecule has 2 unspecified atom stereocenters. The molecular formula is C21H20F3N3O2S. The summed E-state index contributed by atoms with van der Waals surface area (Å²) in [6.07, 6.45) is 0.959. The van der Waals surface area contributed by atoms with E-state index < -0.39 is 23.3 Å². The highest BCUT2D eigenvalue weighted by atomic mass is 32.2. The van der Waals surface area contributed by atoms with Crippen molar-refractivity contribution in [1.29, 1.82) is 0 Å². The normalized spacial score (nSPS) is 22.8. The van der Waals surface area contributed by atoms with Gasteiger partial charge in [-0.3, -0.25) is 14.9 Å². The van der Waals surface area contributed by atoms with E-state index >= 15 is 0 Å². The molecule has 3 N–H and O–H groups in total. The molecule has 1 aliphatic heterocycles. The Balaban J connectivity index is 1.43. The fraction of sp³-hybridized carbons (Fsp3) is 0.333. The summed E-state index contributed by atoms with van der Waals surface area (Å²) in [4.78, 5) is 25.1. The van der Waals surface area contributed by atoms with Crippen molar-refractivity contribution >= 4 is 23.6 Å². The van der Waals surface area contributed by atoms with Gasteiger partial charge in [-0.05, 0) is 47.9 Å². The second-order valence-electron chi connectivity index (χ2n) is 7.48. The number of rotatable bonds is 5. The fourth-order valence-corrected chi connectivity index (χ4v) is 4.15. The molecule has 0 radical (unpaired) electrons. The molecule has 0 aromatic heterocycles. The van der Waals surface area contributed by atoms with Crippen LogP contribution in [0.5, 0.6) is 0 Å². The quantitative estimate of drug-likeness (QED) is 0.628. The molecule has 0 bridgehead atoms. The van der Waals surface area contributed by atoms with E-state index in [1.807, 2.05) is 30.3 Å². The van der Waals surface area contributed by atoms with Crippen LogP contribution < -0.4 is 16.0 Å². The van der Waals surface area contributed by atoms with E-state index in [0.717, 1.165) is 11.1 Å². The number of halogens is 3. The van der Waals surface area contributed by atoms with Crippen molar-refractivity contribution < 1.29 is 22.8 Å². The molecule has 2 atom stereocenters. The van der Waals surface area contributed by atoms with Gasteiger partial charge < -0.3 is 10.6 Å². The molecule has 2 aromatic carbocycles. The smallest absolute Gasteiger partial charge is 0.345 e. The Labute approximate surface area is 175 Å². The fourth-order valence-electron chi connectivity index (χ4n) is 3.61. The van der Waals surface area contributed by atoms with Gasteiger partial charge >= 0.3 is 5.51 Å². The lowest BCUT2D eigenvalue weighted by Gasteiger charge is -2.32. The van der Waals surface area contributed by atoms with Crippen molar-refractivity contribution in [3.63, 3.8) is 0 Å². The number of alkyl halides is 3. The summed E-state index contributed by atoms with van der Waals surface area (Å²) >= 11 is -0.166. The number of carbonyl (C=O) groups excluding carboxylic acids is 2. The highest BCUT2D eigenvalue weighted by molar-refractivity contribution is 8.00. The number of hydrogen-bond donors (Lipinski definition) is 3. The Morgan fingerprint density at radius 2 is 1.73 bits per heavy atom. The van der Waals surface area contributed by atoms with Gasteiger partial charge in [-0.1, -0.05) is 42.5 Å². The van der Waals surface area contributed by atoms with Crippen LogP contribution in [0.2, 0.25) is 0 Å². The second kappa shape index (κ2) is 7.96. The molecular weight excluding hydrogens is 415 g/mol. The van der Waals surface area contributed by atoms with Crippen LogP contribution in [-0.2, 0) is 15.1 Å². The Morgan fingerprint density at radius 1 is 1.07 bits per heavy atom. The first-order valence-electron chi connectivity index (χ1n) is 9.53. The zero-order valence-corrected chi connectivity index (χ0v) is 16.6. The first-order valence-corrected chi connectivity index (χ1v) is 10.3. The zero-order valence-electron chi connectivity index (χ0n) is 15.8. The minimum absolute atomic E-state index is 0.0202. The first-order chi connectivity index (χ1) is 14.2. The summed E-state index contributed by atoms with van der Waals surface area (Å²) in [6.45, 7) is 0. The van der Waals surface area contributed by atoms with Gasteiger partial charge in [0.05, 0.1) is 18.0 Å². The van der Waals surface area contributed by atoms with E-state index in [9.17, 15) is 22.8 Å². The summed E-state index contributed by atoms with van der Waals surface area (Å²) in [7, 11) is 0. The molecule has 2 aromatic rings. The van der Waals surface area contributed by atoms with Crippen molar-refractivity contribution in [2.24, 2.45) is 0 Å². The van der Waals surface area contributed by atoms with E-state index in [0.29, 0.717) is 12.8 Å². The van der Waals surface area contributed by atoms with Crippen LogP contribution in [0.3, 0.4) is 0 Å². The Kier molecular flexibility index (Phi) is 5.50. The van der Waals surface area contributed by atoms with Gasteiger partial charge in [0.1, 0.15) is 6.17 Å². The topological polar surface area (TPSA) is 70.2 Å². The standard InChI is InChI=1S/C21H20F3N3O2S/c22-21(23,24)30-15-8-6-14(7-9-15)20(10-11-20)27-19(29)16-12-17(28)26-18(25-16)13-4-2-1-3-5-13/h1-9,16,18,25H,10-12H2,(H,26,28)(H,27,29). The highest BCUT2D eigenvalue weighted by Gasteiger charge is 2.47. The molecule has 0 spiro atoms. The maximum absolute atomic E-state index is 12.9. The molecule has 1 saturated carbocycles. The maximum Gasteiger partial charge on any atom is 0.446 e. The van der Waals surface area contributed by atoms with E-state index in [2.05, 4.69) is 16.0 Å². The molecule has 1 heterocycles. The third-order valence-electron chi connectivity index (χ3n) is 5.27. The lowest BCUT2D eigenvalue weighted by atomic mass is 10.0. The minimum Gasteiger partial charge on any atom is -0.345 e. The van der Waals surface area contributed by atoms with Gasteiger partial charge in [0.25, 0.3) is 0 Å². The molecule has 5 nitrogen and oxygen atoms in total. The second-order valence-corrected chi connectivity index (χ2v) is 8.62. The Morgan fingerprint density at radius 3 is 2.33 bits per heavy atom. The van der Waals surface area contributed by atoms with Gasteiger partial charge in [0, 0.05) is 4.90 Å². The molecule has 2 amide bonds. The molecule has 2 fully saturated rings. The molecule has 1 aliphatic carbocycles. The molecule has 4 rings (SSSR count).